The van der Waals surface area contributed by atoms with Crippen LogP contribution in [0.1, 0.15) is 37.6 Å². The molecule has 0 unspecified atom stereocenters. The lowest BCUT2D eigenvalue weighted by Gasteiger charge is -2.31. The number of likely N-dealkylation sites (tertiary alicyclic amines) is 1. The molecule has 1 aromatic heterocycles. The standard InChI is InChI=1S/C24H30N4O/c1-3-9-18-10-4-5-12-20(18)26-24(29)19-11-8-15-28(16-19)17-23-25-21-13-6-7-14-22(21)27(23)2/h4-7,10,12-14,19H,3,8-9,11,15-17H2,1-2H3,(H,26,29)/t19-/m0/s1. The van der Waals surface area contributed by atoms with Gasteiger partial charge in [0.25, 0.3) is 0 Å². The number of carbonyl (C=O) groups excluding carboxylic acids is 1. The van der Waals surface area contributed by atoms with Crippen molar-refractivity contribution in [2.45, 2.75) is 39.2 Å². The molecule has 2 aromatic carbocycles. The van der Waals surface area contributed by atoms with Gasteiger partial charge in [-0.2, -0.15) is 0 Å². The molecular weight excluding hydrogens is 360 g/mol. The van der Waals surface area contributed by atoms with Crippen LogP contribution in [-0.4, -0.2) is 33.4 Å². The van der Waals surface area contributed by atoms with Gasteiger partial charge in [-0.3, -0.25) is 9.69 Å². The summed E-state index contributed by atoms with van der Waals surface area (Å²) in [6.07, 6.45) is 4.04. The molecule has 0 bridgehead atoms. The Morgan fingerprint density at radius 1 is 1.17 bits per heavy atom. The van der Waals surface area contributed by atoms with Crippen LogP contribution in [0.2, 0.25) is 0 Å². The van der Waals surface area contributed by atoms with Crippen molar-refractivity contribution in [2.24, 2.45) is 13.0 Å². The predicted octanol–water partition coefficient (Wildman–Crippen LogP) is 4.38. The molecule has 1 saturated heterocycles. The van der Waals surface area contributed by atoms with E-state index in [9.17, 15) is 4.79 Å². The zero-order valence-electron chi connectivity index (χ0n) is 17.4. The quantitative estimate of drug-likeness (QED) is 0.680. The average molecular weight is 391 g/mol. The van der Waals surface area contributed by atoms with Gasteiger partial charge in [-0.15, -0.1) is 0 Å². The lowest BCUT2D eigenvalue weighted by Crippen LogP contribution is -2.40. The Hall–Kier alpha value is -2.66. The van der Waals surface area contributed by atoms with E-state index in [0.29, 0.717) is 0 Å². The van der Waals surface area contributed by atoms with Gasteiger partial charge < -0.3 is 9.88 Å². The van der Waals surface area contributed by atoms with Crippen LogP contribution in [0.3, 0.4) is 0 Å². The molecule has 3 aromatic rings. The van der Waals surface area contributed by atoms with Crippen molar-refractivity contribution in [1.29, 1.82) is 0 Å². The third-order valence-corrected chi connectivity index (χ3v) is 5.92. The first kappa shape index (κ1) is 19.6. The zero-order valence-corrected chi connectivity index (χ0v) is 17.4. The Labute approximate surface area is 172 Å². The maximum absolute atomic E-state index is 13.0. The number of nitrogens with one attached hydrogen (secondary N) is 1. The van der Waals surface area contributed by atoms with Crippen LogP contribution >= 0.6 is 0 Å². The van der Waals surface area contributed by atoms with Crippen LogP contribution in [0.5, 0.6) is 0 Å². The third-order valence-electron chi connectivity index (χ3n) is 5.92. The van der Waals surface area contributed by atoms with E-state index in [0.717, 1.165) is 67.9 Å². The van der Waals surface area contributed by atoms with Crippen LogP contribution in [-0.2, 0) is 24.8 Å². The van der Waals surface area contributed by atoms with E-state index in [2.05, 4.69) is 47.0 Å². The smallest absolute Gasteiger partial charge is 0.228 e. The zero-order chi connectivity index (χ0) is 20.2. The summed E-state index contributed by atoms with van der Waals surface area (Å²) in [4.78, 5) is 20.1. The summed E-state index contributed by atoms with van der Waals surface area (Å²) in [6, 6.07) is 16.4. The maximum atomic E-state index is 13.0. The Balaban J connectivity index is 1.43. The molecular formula is C24H30N4O. The lowest BCUT2D eigenvalue weighted by atomic mass is 9.96. The van der Waals surface area contributed by atoms with Crippen molar-refractivity contribution >= 4 is 22.6 Å². The van der Waals surface area contributed by atoms with Crippen LogP contribution < -0.4 is 5.32 Å². The fourth-order valence-corrected chi connectivity index (χ4v) is 4.31. The first-order chi connectivity index (χ1) is 14.2. The predicted molar refractivity (Wildman–Crippen MR) is 118 cm³/mol. The summed E-state index contributed by atoms with van der Waals surface area (Å²) in [5.41, 5.74) is 4.37. The largest absolute Gasteiger partial charge is 0.330 e. The van der Waals surface area contributed by atoms with Crippen LogP contribution in [0.4, 0.5) is 5.69 Å². The Morgan fingerprint density at radius 3 is 2.79 bits per heavy atom. The Morgan fingerprint density at radius 2 is 1.97 bits per heavy atom. The van der Waals surface area contributed by atoms with E-state index in [1.807, 2.05) is 30.3 Å². The van der Waals surface area contributed by atoms with Crippen molar-refractivity contribution in [1.82, 2.24) is 14.5 Å². The maximum Gasteiger partial charge on any atom is 0.228 e. The molecule has 1 N–H and O–H groups in total. The number of hydrogen-bond acceptors (Lipinski definition) is 3. The number of hydrogen-bond donors (Lipinski definition) is 1. The SMILES string of the molecule is CCCc1ccccc1NC(=O)[C@H]1CCCN(Cc2nc3ccccc3n2C)C1. The second-order valence-electron chi connectivity index (χ2n) is 8.05. The number of fused-ring (bicyclic) bond motifs is 1. The molecule has 0 radical (unpaired) electrons. The van der Waals surface area contributed by atoms with Crippen molar-refractivity contribution in [3.05, 3.63) is 59.9 Å². The molecule has 5 nitrogen and oxygen atoms in total. The number of aryl methyl sites for hydroxylation is 2. The van der Waals surface area contributed by atoms with Crippen molar-refractivity contribution in [3.8, 4) is 0 Å². The lowest BCUT2D eigenvalue weighted by molar-refractivity contribution is -0.121. The molecule has 1 amide bonds. The number of benzene rings is 2. The first-order valence-electron chi connectivity index (χ1n) is 10.7. The van der Waals surface area contributed by atoms with Crippen molar-refractivity contribution in [2.75, 3.05) is 18.4 Å². The monoisotopic (exact) mass is 390 g/mol. The van der Waals surface area contributed by atoms with E-state index in [1.165, 1.54) is 5.56 Å². The van der Waals surface area contributed by atoms with Crippen LogP contribution in [0, 0.1) is 5.92 Å². The minimum atomic E-state index is 0.0214. The van der Waals surface area contributed by atoms with E-state index in [-0.39, 0.29) is 11.8 Å². The molecule has 0 spiro atoms. The van der Waals surface area contributed by atoms with Gasteiger partial charge in [0.05, 0.1) is 23.5 Å². The van der Waals surface area contributed by atoms with Gasteiger partial charge in [-0.1, -0.05) is 43.7 Å². The van der Waals surface area contributed by atoms with Crippen LogP contribution in [0.15, 0.2) is 48.5 Å². The van der Waals surface area contributed by atoms with E-state index >= 15 is 0 Å². The van der Waals surface area contributed by atoms with Gasteiger partial charge in [0.1, 0.15) is 5.82 Å². The molecule has 2 heterocycles. The fourth-order valence-electron chi connectivity index (χ4n) is 4.31. The second kappa shape index (κ2) is 8.78. The minimum absolute atomic E-state index is 0.0214. The number of rotatable bonds is 6. The minimum Gasteiger partial charge on any atom is -0.330 e. The molecule has 4 rings (SSSR count). The molecule has 29 heavy (non-hydrogen) atoms. The molecule has 152 valence electrons. The first-order valence-corrected chi connectivity index (χ1v) is 10.7. The molecule has 0 saturated carbocycles. The highest BCUT2D eigenvalue weighted by Crippen LogP contribution is 2.23. The number of nitrogens with zero attached hydrogens (tertiary/aromatic N) is 3. The van der Waals surface area contributed by atoms with Crippen molar-refractivity contribution < 1.29 is 4.79 Å². The Kier molecular flexibility index (Phi) is 5.95. The molecule has 1 aliphatic rings. The number of imidazole rings is 1. The van der Waals surface area contributed by atoms with Gasteiger partial charge in [-0.05, 0) is 49.6 Å². The molecule has 0 aliphatic carbocycles. The molecule has 1 aliphatic heterocycles. The van der Waals surface area contributed by atoms with Crippen LogP contribution in [0.25, 0.3) is 11.0 Å². The number of para-hydroxylation sites is 3. The third kappa shape index (κ3) is 4.35. The van der Waals surface area contributed by atoms with E-state index in [4.69, 9.17) is 4.98 Å². The second-order valence-corrected chi connectivity index (χ2v) is 8.05. The fraction of sp³-hybridized carbons (Fsp3) is 0.417. The molecule has 5 heteroatoms. The number of anilines is 1. The number of amides is 1. The van der Waals surface area contributed by atoms with Gasteiger partial charge in [0, 0.05) is 19.3 Å². The number of carbonyl (C=O) groups is 1. The normalized spacial score (nSPS) is 17.5. The number of piperidine rings is 1. The highest BCUT2D eigenvalue weighted by Gasteiger charge is 2.27. The average Bonchev–Trinajstić information content (AvgIpc) is 3.05. The van der Waals surface area contributed by atoms with Gasteiger partial charge in [0.2, 0.25) is 5.91 Å². The van der Waals surface area contributed by atoms with E-state index < -0.39 is 0 Å². The topological polar surface area (TPSA) is 50.2 Å². The molecule has 1 fully saturated rings. The highest BCUT2D eigenvalue weighted by atomic mass is 16.1. The summed E-state index contributed by atoms with van der Waals surface area (Å²) < 4.78 is 2.17. The molecule has 1 atom stereocenters. The van der Waals surface area contributed by atoms with Gasteiger partial charge in [0.15, 0.2) is 0 Å². The summed E-state index contributed by atoms with van der Waals surface area (Å²) in [5, 5.41) is 3.20. The van der Waals surface area contributed by atoms with Gasteiger partial charge >= 0.3 is 0 Å². The Bertz CT molecular complexity index is 993. The summed E-state index contributed by atoms with van der Waals surface area (Å²) in [5.74, 6) is 1.22. The summed E-state index contributed by atoms with van der Waals surface area (Å²) in [7, 11) is 2.07. The number of aromatic nitrogens is 2. The van der Waals surface area contributed by atoms with E-state index in [1.54, 1.807) is 0 Å². The highest BCUT2D eigenvalue weighted by molar-refractivity contribution is 5.93. The summed E-state index contributed by atoms with van der Waals surface area (Å²) >= 11 is 0. The van der Waals surface area contributed by atoms with Crippen molar-refractivity contribution in [3.63, 3.8) is 0 Å². The van der Waals surface area contributed by atoms with Gasteiger partial charge in [-0.25, -0.2) is 4.98 Å². The summed E-state index contributed by atoms with van der Waals surface area (Å²) in [6.45, 7) is 4.74.